The molecule has 0 aliphatic carbocycles. The van der Waals surface area contributed by atoms with E-state index in [0.29, 0.717) is 41.1 Å². The van der Waals surface area contributed by atoms with E-state index < -0.39 is 0 Å². The van der Waals surface area contributed by atoms with Crippen LogP contribution in [0, 0.1) is 0 Å². The van der Waals surface area contributed by atoms with E-state index in [2.05, 4.69) is 25.5 Å². The van der Waals surface area contributed by atoms with Crippen molar-refractivity contribution in [1.82, 2.24) is 20.2 Å². The van der Waals surface area contributed by atoms with Crippen molar-refractivity contribution in [3.63, 3.8) is 0 Å². The molecule has 2 aromatic carbocycles. The number of amides is 1. The van der Waals surface area contributed by atoms with Crippen molar-refractivity contribution in [3.8, 4) is 11.5 Å². The molecule has 2 aromatic heterocycles. The minimum Gasteiger partial charge on any atom is -0.497 e. The maximum absolute atomic E-state index is 12.3. The lowest BCUT2D eigenvalue weighted by Crippen LogP contribution is -2.14. The first-order valence-corrected chi connectivity index (χ1v) is 10.5. The summed E-state index contributed by atoms with van der Waals surface area (Å²) in [7, 11) is 3.10. The number of methoxy groups -OCH3 is 2. The highest BCUT2D eigenvalue weighted by Gasteiger charge is 2.13. The van der Waals surface area contributed by atoms with Gasteiger partial charge in [-0.15, -0.1) is 10.2 Å². The summed E-state index contributed by atoms with van der Waals surface area (Å²) in [4.78, 5) is 20.1. The molecule has 0 bridgehead atoms. The Kier molecular flexibility index (Phi) is 6.37. The van der Waals surface area contributed by atoms with Crippen molar-refractivity contribution in [3.05, 3.63) is 54.2 Å². The van der Waals surface area contributed by atoms with E-state index in [-0.39, 0.29) is 11.7 Å². The van der Waals surface area contributed by atoms with Crippen molar-refractivity contribution in [2.24, 2.45) is 0 Å². The molecule has 2 N–H and O–H groups in total. The van der Waals surface area contributed by atoms with E-state index in [9.17, 15) is 4.79 Å². The molecule has 0 aliphatic rings. The van der Waals surface area contributed by atoms with Crippen LogP contribution in [0.1, 0.15) is 11.7 Å². The smallest absolute Gasteiger partial charge is 0.277 e. The fraction of sp³-hybridized carbons (Fsp3) is 0.238. The first kappa shape index (κ1) is 20.7. The number of hydrogen-bond donors (Lipinski definition) is 2. The van der Waals surface area contributed by atoms with Gasteiger partial charge in [-0.3, -0.25) is 4.79 Å². The Hall–Kier alpha value is -3.53. The molecule has 1 amide bonds. The molecule has 0 spiro atoms. The van der Waals surface area contributed by atoms with Gasteiger partial charge in [0.25, 0.3) is 5.22 Å². The molecular weight excluding hydrogens is 418 g/mol. The highest BCUT2D eigenvalue weighted by Crippen LogP contribution is 2.29. The number of nitrogens with one attached hydrogen (secondary N) is 2. The summed E-state index contributed by atoms with van der Waals surface area (Å²) in [5.41, 5.74) is 2.49. The number of thioether (sulfide) groups is 1. The second-order valence-corrected chi connectivity index (χ2v) is 7.49. The topological polar surface area (TPSA) is 115 Å². The van der Waals surface area contributed by atoms with Gasteiger partial charge in [-0.2, -0.15) is 0 Å². The Morgan fingerprint density at radius 2 is 2.00 bits per heavy atom. The van der Waals surface area contributed by atoms with E-state index in [0.717, 1.165) is 16.9 Å². The van der Waals surface area contributed by atoms with E-state index >= 15 is 0 Å². The van der Waals surface area contributed by atoms with Gasteiger partial charge < -0.3 is 24.2 Å². The lowest BCUT2D eigenvalue weighted by atomic mass is 10.2. The molecule has 0 atom stereocenters. The molecule has 0 fully saturated rings. The summed E-state index contributed by atoms with van der Waals surface area (Å²) in [6, 6.07) is 13.0. The first-order valence-electron chi connectivity index (χ1n) is 9.55. The number of benzene rings is 2. The van der Waals surface area contributed by atoms with Crippen molar-refractivity contribution in [1.29, 1.82) is 0 Å². The van der Waals surface area contributed by atoms with Crippen LogP contribution < -0.4 is 14.8 Å². The Morgan fingerprint density at radius 3 is 2.81 bits per heavy atom. The third-order valence-corrected chi connectivity index (χ3v) is 5.29. The van der Waals surface area contributed by atoms with Crippen LogP contribution in [0.4, 0.5) is 5.69 Å². The molecule has 0 radical (unpaired) electrons. The number of ether oxygens (including phenoxy) is 2. The zero-order valence-electron chi connectivity index (χ0n) is 17.0. The van der Waals surface area contributed by atoms with Crippen molar-refractivity contribution in [2.75, 3.05) is 25.3 Å². The second kappa shape index (κ2) is 9.52. The van der Waals surface area contributed by atoms with Gasteiger partial charge in [0.2, 0.25) is 11.8 Å². The molecule has 0 saturated heterocycles. The van der Waals surface area contributed by atoms with E-state index in [1.807, 2.05) is 24.3 Å². The van der Waals surface area contributed by atoms with E-state index in [1.54, 1.807) is 25.3 Å². The number of carbonyl (C=O) groups excluding carboxylic acids is 1. The average molecular weight is 439 g/mol. The number of hydrogen-bond acceptors (Lipinski definition) is 8. The number of aromatic amines is 1. The molecule has 0 saturated carbocycles. The molecule has 0 unspecified atom stereocenters. The monoisotopic (exact) mass is 439 g/mol. The van der Waals surface area contributed by atoms with Gasteiger partial charge in [-0.05, 0) is 24.3 Å². The molecule has 0 aliphatic heterocycles. The Balaban J connectivity index is 1.28. The zero-order chi connectivity index (χ0) is 21.6. The van der Waals surface area contributed by atoms with E-state index in [1.165, 1.54) is 18.9 Å². The van der Waals surface area contributed by atoms with Crippen molar-refractivity contribution in [2.45, 2.75) is 18.1 Å². The van der Waals surface area contributed by atoms with Gasteiger partial charge in [-0.25, -0.2) is 4.98 Å². The van der Waals surface area contributed by atoms with Crippen molar-refractivity contribution < 1.29 is 18.7 Å². The van der Waals surface area contributed by atoms with Crippen LogP contribution in [0.5, 0.6) is 11.5 Å². The quantitative estimate of drug-likeness (QED) is 0.381. The number of para-hydroxylation sites is 2. The standard InChI is InChI=1S/C21H21N5O4S/c1-28-13-7-8-16(17(11-13)29-2)24-19(27)12-31-21-26-25-20(30-21)10-9-18-22-14-5-3-4-6-15(14)23-18/h3-8,11H,9-10,12H2,1-2H3,(H,22,23)(H,24,27). The maximum atomic E-state index is 12.3. The third-order valence-electron chi connectivity index (χ3n) is 4.47. The molecular formula is C21H21N5O4S. The highest BCUT2D eigenvalue weighted by atomic mass is 32.2. The maximum Gasteiger partial charge on any atom is 0.277 e. The van der Waals surface area contributed by atoms with Gasteiger partial charge in [0.05, 0.1) is 36.7 Å². The summed E-state index contributed by atoms with van der Waals surface area (Å²) in [5, 5.41) is 11.2. The lowest BCUT2D eigenvalue weighted by Gasteiger charge is -2.11. The highest BCUT2D eigenvalue weighted by molar-refractivity contribution is 7.99. The predicted octanol–water partition coefficient (Wildman–Crippen LogP) is 3.48. The SMILES string of the molecule is COc1ccc(NC(=O)CSc2nnc(CCc3nc4ccccc4[nH]3)o2)c(OC)c1. The molecule has 4 rings (SSSR count). The van der Waals surface area contributed by atoms with Gasteiger partial charge in [0.15, 0.2) is 0 Å². The minimum absolute atomic E-state index is 0.125. The molecule has 160 valence electrons. The molecule has 31 heavy (non-hydrogen) atoms. The lowest BCUT2D eigenvalue weighted by molar-refractivity contribution is -0.113. The van der Waals surface area contributed by atoms with E-state index in [4.69, 9.17) is 13.9 Å². The number of anilines is 1. The summed E-state index contributed by atoms with van der Waals surface area (Å²) in [6.45, 7) is 0. The summed E-state index contributed by atoms with van der Waals surface area (Å²) < 4.78 is 16.1. The number of aryl methyl sites for hydroxylation is 2. The summed E-state index contributed by atoms with van der Waals surface area (Å²) >= 11 is 1.17. The number of fused-ring (bicyclic) bond motifs is 1. The Morgan fingerprint density at radius 1 is 1.13 bits per heavy atom. The molecule has 2 heterocycles. The Bertz CT molecular complexity index is 1160. The van der Waals surface area contributed by atoms with Crippen LogP contribution in [0.3, 0.4) is 0 Å². The van der Waals surface area contributed by atoms with Crippen LogP contribution in [0.25, 0.3) is 11.0 Å². The molecule has 4 aromatic rings. The van der Waals surface area contributed by atoms with Gasteiger partial charge in [0.1, 0.15) is 17.3 Å². The summed E-state index contributed by atoms with van der Waals surface area (Å²) in [6.07, 6.45) is 1.21. The predicted molar refractivity (Wildman–Crippen MR) is 117 cm³/mol. The first-order chi connectivity index (χ1) is 15.1. The fourth-order valence-corrected chi connectivity index (χ4v) is 3.54. The number of imidazole rings is 1. The fourth-order valence-electron chi connectivity index (χ4n) is 2.96. The largest absolute Gasteiger partial charge is 0.497 e. The van der Waals surface area contributed by atoms with Crippen LogP contribution in [-0.2, 0) is 17.6 Å². The van der Waals surface area contributed by atoms with Crippen LogP contribution in [0.2, 0.25) is 0 Å². The van der Waals surface area contributed by atoms with Crippen molar-refractivity contribution >= 4 is 34.4 Å². The average Bonchev–Trinajstić information content (AvgIpc) is 3.43. The van der Waals surface area contributed by atoms with Gasteiger partial charge >= 0.3 is 0 Å². The van der Waals surface area contributed by atoms with Crippen LogP contribution >= 0.6 is 11.8 Å². The normalized spacial score (nSPS) is 10.9. The Labute approximate surface area is 182 Å². The number of carbonyl (C=O) groups is 1. The number of rotatable bonds is 9. The van der Waals surface area contributed by atoms with Gasteiger partial charge in [-0.1, -0.05) is 23.9 Å². The second-order valence-electron chi connectivity index (χ2n) is 6.57. The number of aromatic nitrogens is 4. The minimum atomic E-state index is -0.213. The molecule has 9 nitrogen and oxygen atoms in total. The molecule has 10 heteroatoms. The third kappa shape index (κ3) is 5.15. The van der Waals surface area contributed by atoms with Crippen LogP contribution in [0.15, 0.2) is 52.1 Å². The number of nitrogens with zero attached hydrogens (tertiary/aromatic N) is 3. The van der Waals surface area contributed by atoms with Crippen LogP contribution in [-0.4, -0.2) is 46.0 Å². The van der Waals surface area contributed by atoms with Gasteiger partial charge in [0, 0.05) is 18.9 Å². The summed E-state index contributed by atoms with van der Waals surface area (Å²) in [5.74, 6) is 2.44. The zero-order valence-corrected chi connectivity index (χ0v) is 17.9. The number of H-pyrrole nitrogens is 1.